The van der Waals surface area contributed by atoms with E-state index >= 15 is 0 Å². The number of carbonyl (C=O) groups is 1. The molecule has 0 bridgehead atoms. The first-order chi connectivity index (χ1) is 8.91. The summed E-state index contributed by atoms with van der Waals surface area (Å²) in [5.41, 5.74) is 7.12. The molecule has 0 saturated carbocycles. The standard InChI is InChI=1S/C11H12Cl2N4O2/c1-11(10(18)19,15-4-5-16-17-14)8-6-7(12)2-3-9(8)13/h2-3,6,15H,4-5H2,1H3,(H,18,19). The summed E-state index contributed by atoms with van der Waals surface area (Å²) in [5, 5.41) is 16.2. The Bertz CT molecular complexity index is 531. The first-order valence-corrected chi connectivity index (χ1v) is 6.12. The normalized spacial score (nSPS) is 13.4. The van der Waals surface area contributed by atoms with Crippen molar-refractivity contribution in [2.24, 2.45) is 5.11 Å². The molecule has 0 spiro atoms. The largest absolute Gasteiger partial charge is 0.480 e. The van der Waals surface area contributed by atoms with E-state index in [1.54, 1.807) is 6.07 Å². The van der Waals surface area contributed by atoms with Crippen molar-refractivity contribution >= 4 is 29.2 Å². The molecule has 0 aromatic heterocycles. The van der Waals surface area contributed by atoms with Crippen LogP contribution in [0.3, 0.4) is 0 Å². The molecule has 0 amide bonds. The van der Waals surface area contributed by atoms with Crippen molar-refractivity contribution in [2.45, 2.75) is 12.5 Å². The Kier molecular flexibility index (Phi) is 5.44. The molecule has 0 aliphatic rings. The monoisotopic (exact) mass is 302 g/mol. The predicted octanol–water partition coefficient (Wildman–Crippen LogP) is 3.19. The van der Waals surface area contributed by atoms with Crippen molar-refractivity contribution in [3.05, 3.63) is 44.3 Å². The Morgan fingerprint density at radius 1 is 1.58 bits per heavy atom. The van der Waals surface area contributed by atoms with Gasteiger partial charge in [0.2, 0.25) is 0 Å². The van der Waals surface area contributed by atoms with E-state index < -0.39 is 11.5 Å². The maximum atomic E-state index is 11.5. The molecule has 1 atom stereocenters. The van der Waals surface area contributed by atoms with Crippen LogP contribution >= 0.6 is 23.2 Å². The van der Waals surface area contributed by atoms with Crippen molar-refractivity contribution in [1.29, 1.82) is 0 Å². The smallest absolute Gasteiger partial charge is 0.328 e. The lowest BCUT2D eigenvalue weighted by Gasteiger charge is -2.27. The molecular formula is C11H12Cl2N4O2. The molecule has 8 heteroatoms. The topological polar surface area (TPSA) is 98.1 Å². The van der Waals surface area contributed by atoms with E-state index in [0.717, 1.165) is 0 Å². The molecule has 0 saturated heterocycles. The summed E-state index contributed by atoms with van der Waals surface area (Å²) in [5.74, 6) is -1.10. The summed E-state index contributed by atoms with van der Waals surface area (Å²) in [7, 11) is 0. The second-order valence-corrected chi connectivity index (χ2v) is 4.78. The van der Waals surface area contributed by atoms with E-state index in [4.69, 9.17) is 28.7 Å². The lowest BCUT2D eigenvalue weighted by atomic mass is 9.92. The Morgan fingerprint density at radius 3 is 2.84 bits per heavy atom. The van der Waals surface area contributed by atoms with Gasteiger partial charge in [0.25, 0.3) is 0 Å². The van der Waals surface area contributed by atoms with Gasteiger partial charge in [0, 0.05) is 33.6 Å². The minimum Gasteiger partial charge on any atom is -0.480 e. The number of halogens is 2. The first-order valence-electron chi connectivity index (χ1n) is 5.36. The number of nitrogens with zero attached hydrogens (tertiary/aromatic N) is 3. The maximum Gasteiger partial charge on any atom is 0.328 e. The zero-order valence-corrected chi connectivity index (χ0v) is 11.6. The summed E-state index contributed by atoms with van der Waals surface area (Å²) in [6.45, 7) is 1.82. The number of hydrogen-bond acceptors (Lipinski definition) is 3. The predicted molar refractivity (Wildman–Crippen MR) is 73.5 cm³/mol. The summed E-state index contributed by atoms with van der Waals surface area (Å²) in [4.78, 5) is 14.1. The first kappa shape index (κ1) is 15.6. The van der Waals surface area contributed by atoms with Gasteiger partial charge in [-0.05, 0) is 30.7 Å². The fourth-order valence-electron chi connectivity index (χ4n) is 1.57. The lowest BCUT2D eigenvalue weighted by molar-refractivity contribution is -0.144. The van der Waals surface area contributed by atoms with Crippen LogP contribution in [0.25, 0.3) is 10.4 Å². The molecule has 102 valence electrons. The van der Waals surface area contributed by atoms with Crippen LogP contribution < -0.4 is 5.32 Å². The second kappa shape index (κ2) is 6.63. The van der Waals surface area contributed by atoms with Gasteiger partial charge in [-0.15, -0.1) is 0 Å². The van der Waals surface area contributed by atoms with Gasteiger partial charge >= 0.3 is 5.97 Å². The van der Waals surface area contributed by atoms with E-state index in [1.807, 2.05) is 0 Å². The minimum atomic E-state index is -1.41. The van der Waals surface area contributed by atoms with E-state index in [0.29, 0.717) is 15.6 Å². The van der Waals surface area contributed by atoms with E-state index in [1.165, 1.54) is 19.1 Å². The van der Waals surface area contributed by atoms with E-state index in [2.05, 4.69) is 15.3 Å². The van der Waals surface area contributed by atoms with Crippen LogP contribution in [-0.2, 0) is 10.3 Å². The zero-order valence-electron chi connectivity index (χ0n) is 10.1. The van der Waals surface area contributed by atoms with Gasteiger partial charge in [0.05, 0.1) is 0 Å². The van der Waals surface area contributed by atoms with Gasteiger partial charge in [-0.25, -0.2) is 4.79 Å². The highest BCUT2D eigenvalue weighted by Crippen LogP contribution is 2.30. The van der Waals surface area contributed by atoms with Crippen LogP contribution in [0.2, 0.25) is 10.0 Å². The molecule has 1 aromatic rings. The number of hydrogen-bond donors (Lipinski definition) is 2. The highest BCUT2D eigenvalue weighted by molar-refractivity contribution is 6.33. The molecule has 1 rings (SSSR count). The molecular weight excluding hydrogens is 291 g/mol. The Morgan fingerprint density at radius 2 is 2.26 bits per heavy atom. The summed E-state index contributed by atoms with van der Waals surface area (Å²) < 4.78 is 0. The Labute approximate surface area is 120 Å². The fourth-order valence-corrected chi connectivity index (χ4v) is 2.05. The van der Waals surface area contributed by atoms with Gasteiger partial charge in [0.1, 0.15) is 5.54 Å². The van der Waals surface area contributed by atoms with Gasteiger partial charge in [-0.2, -0.15) is 0 Å². The highest BCUT2D eigenvalue weighted by atomic mass is 35.5. The SMILES string of the molecule is CC(NCCN=[N+]=[N-])(C(=O)O)c1cc(Cl)ccc1Cl. The number of benzene rings is 1. The van der Waals surface area contributed by atoms with Gasteiger partial charge in [0.15, 0.2) is 0 Å². The molecule has 1 aromatic carbocycles. The van der Waals surface area contributed by atoms with E-state index in [9.17, 15) is 9.90 Å². The fraction of sp³-hybridized carbons (Fsp3) is 0.364. The third-order valence-corrected chi connectivity index (χ3v) is 3.21. The molecule has 0 aliphatic heterocycles. The number of azide groups is 1. The molecule has 0 heterocycles. The van der Waals surface area contributed by atoms with Gasteiger partial charge in [-0.3, -0.25) is 5.32 Å². The summed E-state index contributed by atoms with van der Waals surface area (Å²) in [6, 6.07) is 4.61. The van der Waals surface area contributed by atoms with Crippen LogP contribution in [-0.4, -0.2) is 24.2 Å². The van der Waals surface area contributed by atoms with Gasteiger partial charge < -0.3 is 5.11 Å². The summed E-state index contributed by atoms with van der Waals surface area (Å²) in [6.07, 6.45) is 0. The molecule has 0 aliphatic carbocycles. The van der Waals surface area contributed by atoms with Crippen molar-refractivity contribution in [3.63, 3.8) is 0 Å². The van der Waals surface area contributed by atoms with Crippen LogP contribution in [0.15, 0.2) is 23.3 Å². The quantitative estimate of drug-likeness (QED) is 0.365. The Hall–Kier alpha value is -1.46. The third kappa shape index (κ3) is 3.75. The average Bonchev–Trinajstić information content (AvgIpc) is 2.37. The van der Waals surface area contributed by atoms with Crippen LogP contribution in [0, 0.1) is 0 Å². The number of nitrogens with one attached hydrogen (secondary N) is 1. The number of carboxylic acids is 1. The number of aliphatic carboxylic acids is 1. The Balaban J connectivity index is 3.07. The molecule has 1 unspecified atom stereocenters. The number of rotatable bonds is 6. The number of carboxylic acid groups (broad SMARTS) is 1. The summed E-state index contributed by atoms with van der Waals surface area (Å²) >= 11 is 11.9. The molecule has 0 radical (unpaired) electrons. The third-order valence-electron chi connectivity index (χ3n) is 2.65. The van der Waals surface area contributed by atoms with Crippen molar-refractivity contribution in [1.82, 2.24) is 5.32 Å². The molecule has 19 heavy (non-hydrogen) atoms. The van der Waals surface area contributed by atoms with Crippen molar-refractivity contribution in [2.75, 3.05) is 13.1 Å². The minimum absolute atomic E-state index is 0.136. The zero-order chi connectivity index (χ0) is 14.5. The van der Waals surface area contributed by atoms with Crippen LogP contribution in [0.4, 0.5) is 0 Å². The van der Waals surface area contributed by atoms with Crippen molar-refractivity contribution in [3.8, 4) is 0 Å². The highest BCUT2D eigenvalue weighted by Gasteiger charge is 2.36. The molecule has 0 fully saturated rings. The molecule has 2 N–H and O–H groups in total. The average molecular weight is 303 g/mol. The van der Waals surface area contributed by atoms with Crippen LogP contribution in [0.5, 0.6) is 0 Å². The van der Waals surface area contributed by atoms with Crippen molar-refractivity contribution < 1.29 is 9.90 Å². The second-order valence-electron chi connectivity index (χ2n) is 3.94. The van der Waals surface area contributed by atoms with Gasteiger partial charge in [-0.1, -0.05) is 28.3 Å². The van der Waals surface area contributed by atoms with Crippen LogP contribution in [0.1, 0.15) is 12.5 Å². The lowest BCUT2D eigenvalue weighted by Crippen LogP contribution is -2.47. The maximum absolute atomic E-state index is 11.5. The molecule has 6 nitrogen and oxygen atoms in total. The van der Waals surface area contributed by atoms with E-state index in [-0.39, 0.29) is 13.1 Å².